The van der Waals surface area contributed by atoms with Gasteiger partial charge in [0.1, 0.15) is 0 Å². The predicted molar refractivity (Wildman–Crippen MR) is 142 cm³/mol. The number of nitrogens with one attached hydrogen (secondary N) is 1. The molecule has 0 spiro atoms. The van der Waals surface area contributed by atoms with Crippen LogP contribution in [0.1, 0.15) is 24.0 Å². The first-order chi connectivity index (χ1) is 17.6. The molecule has 0 saturated carbocycles. The highest BCUT2D eigenvalue weighted by Gasteiger charge is 2.22. The molecule has 3 heterocycles. The second-order valence-corrected chi connectivity index (χ2v) is 13.4. The Morgan fingerprint density at radius 3 is 1.89 bits per heavy atom. The molecule has 2 aromatic carbocycles. The van der Waals surface area contributed by atoms with Crippen LogP contribution in [0.3, 0.4) is 0 Å². The van der Waals surface area contributed by atoms with Crippen molar-refractivity contribution in [2.75, 3.05) is 27.6 Å². The van der Waals surface area contributed by atoms with Crippen molar-refractivity contribution in [3.63, 3.8) is 0 Å². The Hall–Kier alpha value is -3.00. The van der Waals surface area contributed by atoms with Crippen molar-refractivity contribution in [2.45, 2.75) is 35.5 Å². The van der Waals surface area contributed by atoms with E-state index in [2.05, 4.69) is 9.71 Å². The molecule has 0 bridgehead atoms. The molecule has 2 amide bonds. The number of nitrogens with zero attached hydrogens (tertiary/aromatic N) is 3. The van der Waals surface area contributed by atoms with Crippen LogP contribution in [-0.2, 0) is 41.5 Å². The second kappa shape index (κ2) is 11.2. The van der Waals surface area contributed by atoms with Gasteiger partial charge in [-0.05, 0) is 73.2 Å². The molecule has 0 unspecified atom stereocenters. The lowest BCUT2D eigenvalue weighted by molar-refractivity contribution is -0.108. The van der Waals surface area contributed by atoms with E-state index in [1.165, 1.54) is 35.7 Å². The molecule has 0 atom stereocenters. The summed E-state index contributed by atoms with van der Waals surface area (Å²) in [6.07, 6.45) is 6.26. The average molecular weight is 583 g/mol. The van der Waals surface area contributed by atoms with Crippen molar-refractivity contribution in [3.05, 3.63) is 59.1 Å². The van der Waals surface area contributed by atoms with Gasteiger partial charge in [-0.25, -0.2) is 21.8 Å². The quantitative estimate of drug-likeness (QED) is 0.348. The van der Waals surface area contributed by atoms with Crippen molar-refractivity contribution >= 4 is 70.4 Å². The molecule has 2 aliphatic rings. The fourth-order valence-electron chi connectivity index (χ4n) is 4.19. The number of fused-ring (bicyclic) bond motifs is 2. The third kappa shape index (κ3) is 6.29. The molecular weight excluding hydrogens is 560 g/mol. The number of anilines is 3. The first kappa shape index (κ1) is 27.0. The number of hydrogen-bond donors (Lipinski definition) is 1. The zero-order valence-electron chi connectivity index (χ0n) is 19.4. The standard InChI is InChI=1S/C13H13N3O3S2.C10H10ClNO3S/c17-9-16-6-1-2-10-8-11(3-4-12(10)16)21(18,19)15-13-14-5-7-20-13;11-16(14,15)9-3-4-10-8(6-9)2-1-5-12(10)7-13/h3-5,7-9H,1-2,6H2,(H,14,15);3-4,6-7H,1-2,5H2. The van der Waals surface area contributed by atoms with Gasteiger partial charge in [-0.3, -0.25) is 14.3 Å². The van der Waals surface area contributed by atoms with Crippen LogP contribution >= 0.6 is 22.0 Å². The largest absolute Gasteiger partial charge is 0.315 e. The van der Waals surface area contributed by atoms with Crippen LogP contribution in [0, 0.1) is 0 Å². The van der Waals surface area contributed by atoms with E-state index in [1.807, 2.05) is 0 Å². The summed E-state index contributed by atoms with van der Waals surface area (Å²) in [4.78, 5) is 29.1. The summed E-state index contributed by atoms with van der Waals surface area (Å²) in [5, 5.41) is 2.04. The van der Waals surface area contributed by atoms with Gasteiger partial charge < -0.3 is 9.80 Å². The molecule has 2 aliphatic heterocycles. The molecule has 196 valence electrons. The molecule has 1 aromatic heterocycles. The smallest absolute Gasteiger partial charge is 0.263 e. The van der Waals surface area contributed by atoms with Crippen molar-refractivity contribution in [1.29, 1.82) is 0 Å². The highest BCUT2D eigenvalue weighted by Crippen LogP contribution is 2.30. The number of sulfonamides is 1. The van der Waals surface area contributed by atoms with Gasteiger partial charge in [0.2, 0.25) is 12.8 Å². The summed E-state index contributed by atoms with van der Waals surface area (Å²) in [6.45, 7) is 1.34. The minimum atomic E-state index is -3.70. The van der Waals surface area contributed by atoms with Crippen LogP contribution in [0.25, 0.3) is 0 Å². The minimum absolute atomic E-state index is 0.0839. The van der Waals surface area contributed by atoms with E-state index in [1.54, 1.807) is 33.4 Å². The molecule has 0 fully saturated rings. The van der Waals surface area contributed by atoms with Crippen LogP contribution in [0.4, 0.5) is 16.5 Å². The third-order valence-corrected chi connectivity index (χ3v) is 9.42. The normalized spacial score (nSPS) is 15.1. The predicted octanol–water partition coefficient (Wildman–Crippen LogP) is 3.38. The number of carbonyl (C=O) groups excluding carboxylic acids is 2. The minimum Gasteiger partial charge on any atom is -0.315 e. The van der Waals surface area contributed by atoms with E-state index >= 15 is 0 Å². The van der Waals surface area contributed by atoms with Crippen LogP contribution < -0.4 is 14.5 Å². The Bertz CT molecular complexity index is 1510. The number of benzene rings is 2. The van der Waals surface area contributed by atoms with Crippen LogP contribution in [0.15, 0.2) is 57.8 Å². The maximum absolute atomic E-state index is 12.3. The van der Waals surface area contributed by atoms with Crippen molar-refractivity contribution in [3.8, 4) is 0 Å². The lowest BCUT2D eigenvalue weighted by Gasteiger charge is -2.26. The Morgan fingerprint density at radius 2 is 1.41 bits per heavy atom. The third-order valence-electron chi connectivity index (χ3n) is 5.91. The van der Waals surface area contributed by atoms with Gasteiger partial charge in [0.15, 0.2) is 5.13 Å². The molecule has 1 N–H and O–H groups in total. The van der Waals surface area contributed by atoms with Crippen LogP contribution in [0.5, 0.6) is 0 Å². The average Bonchev–Trinajstić information content (AvgIpc) is 3.39. The monoisotopic (exact) mass is 582 g/mol. The molecule has 14 heteroatoms. The van der Waals surface area contributed by atoms with Crippen molar-refractivity contribution in [2.24, 2.45) is 0 Å². The lowest BCUT2D eigenvalue weighted by atomic mass is 10.0. The fraction of sp³-hybridized carbons (Fsp3) is 0.261. The van der Waals surface area contributed by atoms with E-state index in [0.29, 0.717) is 18.2 Å². The Morgan fingerprint density at radius 1 is 0.865 bits per heavy atom. The van der Waals surface area contributed by atoms with Gasteiger partial charge in [-0.1, -0.05) is 0 Å². The molecule has 3 aromatic rings. The van der Waals surface area contributed by atoms with E-state index in [9.17, 15) is 26.4 Å². The molecule has 5 rings (SSSR count). The number of halogens is 1. The van der Waals surface area contributed by atoms with Crippen molar-refractivity contribution in [1.82, 2.24) is 4.98 Å². The highest BCUT2D eigenvalue weighted by atomic mass is 35.7. The summed E-state index contributed by atoms with van der Waals surface area (Å²) < 4.78 is 49.4. The zero-order valence-corrected chi connectivity index (χ0v) is 22.6. The van der Waals surface area contributed by atoms with E-state index in [4.69, 9.17) is 10.7 Å². The van der Waals surface area contributed by atoms with Gasteiger partial charge in [0.05, 0.1) is 9.79 Å². The first-order valence-electron chi connectivity index (χ1n) is 11.2. The maximum atomic E-state index is 12.3. The highest BCUT2D eigenvalue weighted by molar-refractivity contribution is 8.13. The van der Waals surface area contributed by atoms with Gasteiger partial charge >= 0.3 is 0 Å². The summed E-state index contributed by atoms with van der Waals surface area (Å²) in [5.74, 6) is 0. The number of thiazole rings is 1. The molecule has 10 nitrogen and oxygen atoms in total. The van der Waals surface area contributed by atoms with E-state index in [0.717, 1.165) is 61.0 Å². The Labute approximate surface area is 223 Å². The SMILES string of the molecule is O=CN1CCCc2cc(S(=O)(=O)Cl)ccc21.O=CN1CCCc2cc(S(=O)(=O)Nc3nccs3)ccc21. The number of amides is 2. The van der Waals surface area contributed by atoms with Crippen LogP contribution in [-0.4, -0.2) is 47.7 Å². The number of aromatic nitrogens is 1. The van der Waals surface area contributed by atoms with E-state index in [-0.39, 0.29) is 9.79 Å². The summed E-state index contributed by atoms with van der Waals surface area (Å²) in [7, 11) is -2.08. The number of aryl methyl sites for hydroxylation is 2. The van der Waals surface area contributed by atoms with Gasteiger partial charge in [0.25, 0.3) is 19.1 Å². The molecule has 0 aliphatic carbocycles. The maximum Gasteiger partial charge on any atom is 0.263 e. The summed E-state index contributed by atoms with van der Waals surface area (Å²) >= 11 is 1.22. The van der Waals surface area contributed by atoms with Gasteiger partial charge in [-0.2, -0.15) is 0 Å². The Balaban J connectivity index is 0.000000180. The number of rotatable bonds is 6. The molecule has 0 saturated heterocycles. The summed E-state index contributed by atoms with van der Waals surface area (Å²) in [5.41, 5.74) is 3.27. The van der Waals surface area contributed by atoms with E-state index < -0.39 is 19.1 Å². The van der Waals surface area contributed by atoms with Gasteiger partial charge in [0, 0.05) is 46.7 Å². The number of carbonyl (C=O) groups is 2. The molecule has 0 radical (unpaired) electrons. The first-order valence-corrected chi connectivity index (χ1v) is 15.9. The zero-order chi connectivity index (χ0) is 26.6. The lowest BCUT2D eigenvalue weighted by Crippen LogP contribution is -2.28. The van der Waals surface area contributed by atoms with Crippen LogP contribution in [0.2, 0.25) is 0 Å². The number of hydrogen-bond acceptors (Lipinski definition) is 8. The van der Waals surface area contributed by atoms with Gasteiger partial charge in [-0.15, -0.1) is 11.3 Å². The van der Waals surface area contributed by atoms with Crippen molar-refractivity contribution < 1.29 is 26.4 Å². The molecule has 37 heavy (non-hydrogen) atoms. The Kier molecular flexibility index (Phi) is 8.17. The second-order valence-electron chi connectivity index (χ2n) is 8.27. The topological polar surface area (TPSA) is 134 Å². The molecular formula is C23H23ClN4O6S3. The fourth-order valence-corrected chi connectivity index (χ4v) is 6.83. The summed E-state index contributed by atoms with van der Waals surface area (Å²) in [6, 6.07) is 9.39.